The van der Waals surface area contributed by atoms with E-state index >= 15 is 0 Å². The summed E-state index contributed by atoms with van der Waals surface area (Å²) in [6, 6.07) is 4.40. The summed E-state index contributed by atoms with van der Waals surface area (Å²) in [6.45, 7) is 7.33. The number of carbonyl (C=O) groups excluding carboxylic acids is 2. The first-order valence-corrected chi connectivity index (χ1v) is 8.95. The molecule has 26 heavy (non-hydrogen) atoms. The van der Waals surface area contributed by atoms with E-state index in [1.807, 2.05) is 13.8 Å². The first kappa shape index (κ1) is 18.6. The van der Waals surface area contributed by atoms with Crippen LogP contribution < -0.4 is 4.74 Å². The number of carbonyl (C=O) groups is 2. The first-order chi connectivity index (χ1) is 12.2. The van der Waals surface area contributed by atoms with Gasteiger partial charge in [0.1, 0.15) is 28.8 Å². The van der Waals surface area contributed by atoms with Crippen molar-refractivity contribution in [2.24, 2.45) is 4.99 Å². The fourth-order valence-corrected chi connectivity index (χ4v) is 3.38. The third kappa shape index (κ3) is 3.14. The fraction of sp³-hybridized carbons (Fsp3) is 0.550. The quantitative estimate of drug-likeness (QED) is 0.839. The van der Waals surface area contributed by atoms with Crippen LogP contribution in [0.1, 0.15) is 68.9 Å². The summed E-state index contributed by atoms with van der Waals surface area (Å²) in [5, 5.41) is 11.2. The second-order valence-electron chi connectivity index (χ2n) is 7.55. The Bertz CT molecular complexity index is 778. The zero-order valence-electron chi connectivity index (χ0n) is 15.7. The van der Waals surface area contributed by atoms with Crippen molar-refractivity contribution in [3.8, 4) is 5.75 Å². The second-order valence-corrected chi connectivity index (χ2v) is 7.55. The molecule has 0 amide bonds. The molecule has 6 heteroatoms. The smallest absolute Gasteiger partial charge is 0.338 e. The summed E-state index contributed by atoms with van der Waals surface area (Å²) in [5.74, 6) is 0.311. The van der Waals surface area contributed by atoms with Gasteiger partial charge in [0.05, 0.1) is 12.2 Å². The average molecular weight is 359 g/mol. The highest BCUT2D eigenvalue weighted by atomic mass is 16.5. The van der Waals surface area contributed by atoms with Gasteiger partial charge in [-0.25, -0.2) is 4.79 Å². The van der Waals surface area contributed by atoms with Gasteiger partial charge in [0.2, 0.25) is 0 Å². The van der Waals surface area contributed by atoms with Gasteiger partial charge < -0.3 is 14.6 Å². The maximum absolute atomic E-state index is 12.1. The van der Waals surface area contributed by atoms with Crippen molar-refractivity contribution >= 4 is 17.5 Å². The van der Waals surface area contributed by atoms with Gasteiger partial charge in [0, 0.05) is 24.1 Å². The van der Waals surface area contributed by atoms with Gasteiger partial charge in [-0.3, -0.25) is 9.79 Å². The van der Waals surface area contributed by atoms with Crippen molar-refractivity contribution < 1.29 is 24.2 Å². The van der Waals surface area contributed by atoms with E-state index in [1.54, 1.807) is 32.0 Å². The Morgan fingerprint density at radius 1 is 1.35 bits per heavy atom. The molecule has 1 aliphatic heterocycles. The van der Waals surface area contributed by atoms with Crippen molar-refractivity contribution in [3.05, 3.63) is 29.3 Å². The molecule has 0 bridgehead atoms. The van der Waals surface area contributed by atoms with Crippen LogP contribution in [0.25, 0.3) is 0 Å². The lowest BCUT2D eigenvalue weighted by atomic mass is 9.75. The van der Waals surface area contributed by atoms with Crippen molar-refractivity contribution in [2.75, 3.05) is 6.61 Å². The van der Waals surface area contributed by atoms with Crippen LogP contribution in [0, 0.1) is 0 Å². The van der Waals surface area contributed by atoms with Crippen LogP contribution in [0.15, 0.2) is 23.2 Å². The third-order valence-electron chi connectivity index (χ3n) is 5.34. The molecule has 1 N–H and O–H groups in total. The molecule has 0 aromatic heterocycles. The number of Topliss-reactive ketones (excluding diaryl/α,β-unsaturated/α-hetero) is 1. The van der Waals surface area contributed by atoms with Crippen LogP contribution >= 0.6 is 0 Å². The van der Waals surface area contributed by atoms with Gasteiger partial charge in [-0.1, -0.05) is 0 Å². The van der Waals surface area contributed by atoms with Gasteiger partial charge in [-0.15, -0.1) is 0 Å². The molecule has 1 aromatic rings. The molecule has 0 radical (unpaired) electrons. The number of rotatable bonds is 3. The number of ether oxygens (including phenoxy) is 2. The predicted octanol–water partition coefficient (Wildman–Crippen LogP) is 3.02. The van der Waals surface area contributed by atoms with Crippen LogP contribution in [0.5, 0.6) is 5.75 Å². The molecular weight excluding hydrogens is 334 g/mol. The summed E-state index contributed by atoms with van der Waals surface area (Å²) in [4.78, 5) is 28.5. The number of aliphatic hydroxyl groups is 1. The Labute approximate surface area is 153 Å². The van der Waals surface area contributed by atoms with Crippen molar-refractivity contribution in [3.63, 3.8) is 0 Å². The lowest BCUT2D eigenvalue weighted by Gasteiger charge is -2.48. The number of esters is 1. The van der Waals surface area contributed by atoms with Gasteiger partial charge in [0.25, 0.3) is 0 Å². The molecule has 6 nitrogen and oxygen atoms in total. The van der Waals surface area contributed by atoms with E-state index in [0.29, 0.717) is 36.1 Å². The lowest BCUT2D eigenvalue weighted by molar-refractivity contribution is -0.131. The van der Waals surface area contributed by atoms with E-state index in [0.717, 1.165) is 5.71 Å². The topological polar surface area (TPSA) is 85.2 Å². The normalized spacial score (nSPS) is 28.6. The molecule has 1 saturated carbocycles. The zero-order chi connectivity index (χ0) is 19.1. The minimum Gasteiger partial charge on any atom is -0.484 e. The molecule has 140 valence electrons. The summed E-state index contributed by atoms with van der Waals surface area (Å²) < 4.78 is 11.1. The Morgan fingerprint density at radius 2 is 2.08 bits per heavy atom. The number of fused-ring (bicyclic) bond motifs is 1. The number of ketones is 1. The van der Waals surface area contributed by atoms with Crippen LogP contribution in [-0.4, -0.2) is 40.4 Å². The van der Waals surface area contributed by atoms with E-state index in [9.17, 15) is 14.7 Å². The van der Waals surface area contributed by atoms with Gasteiger partial charge >= 0.3 is 5.97 Å². The SMILES string of the molecule is CCOC(=O)c1ccc2c(c1)C(N=C1CCC(=O)C1)C(C)(O)C(C)(C)O2. The highest BCUT2D eigenvalue weighted by Gasteiger charge is 2.53. The Kier molecular flexibility index (Phi) is 4.65. The molecule has 0 saturated heterocycles. The minimum atomic E-state index is -1.31. The summed E-state index contributed by atoms with van der Waals surface area (Å²) in [5.41, 5.74) is -0.399. The average Bonchev–Trinajstić information content (AvgIpc) is 2.97. The molecule has 0 spiro atoms. The Balaban J connectivity index is 2.09. The fourth-order valence-electron chi connectivity index (χ4n) is 3.38. The van der Waals surface area contributed by atoms with E-state index in [1.165, 1.54) is 0 Å². The standard InChI is InChI=1S/C20H25NO5/c1-5-25-18(23)12-6-9-16-15(10-12)17(20(4,24)19(2,3)26-16)21-13-7-8-14(22)11-13/h6,9-10,17,24H,5,7-8,11H2,1-4H3. The maximum Gasteiger partial charge on any atom is 0.338 e. The lowest BCUT2D eigenvalue weighted by Crippen LogP contribution is -2.58. The molecular formula is C20H25NO5. The molecule has 1 heterocycles. The van der Waals surface area contributed by atoms with E-state index in [-0.39, 0.29) is 12.4 Å². The van der Waals surface area contributed by atoms with Gasteiger partial charge in [-0.05, 0) is 52.3 Å². The van der Waals surface area contributed by atoms with E-state index in [4.69, 9.17) is 14.5 Å². The number of benzene rings is 1. The van der Waals surface area contributed by atoms with Crippen LogP contribution in [-0.2, 0) is 9.53 Å². The summed E-state index contributed by atoms with van der Waals surface area (Å²) >= 11 is 0. The molecule has 3 rings (SSSR count). The Morgan fingerprint density at radius 3 is 2.69 bits per heavy atom. The predicted molar refractivity (Wildman–Crippen MR) is 96.8 cm³/mol. The molecule has 2 unspecified atom stereocenters. The van der Waals surface area contributed by atoms with Crippen molar-refractivity contribution in [1.82, 2.24) is 0 Å². The van der Waals surface area contributed by atoms with Crippen LogP contribution in [0.2, 0.25) is 0 Å². The van der Waals surface area contributed by atoms with Gasteiger partial charge in [0.15, 0.2) is 0 Å². The number of hydrogen-bond acceptors (Lipinski definition) is 6. The molecule has 2 aliphatic rings. The molecule has 1 fully saturated rings. The molecule has 1 aliphatic carbocycles. The third-order valence-corrected chi connectivity index (χ3v) is 5.34. The number of aliphatic imine (C=N–C) groups is 1. The highest BCUT2D eigenvalue weighted by molar-refractivity contribution is 6.08. The first-order valence-electron chi connectivity index (χ1n) is 8.95. The van der Waals surface area contributed by atoms with Crippen LogP contribution in [0.4, 0.5) is 0 Å². The van der Waals surface area contributed by atoms with Crippen molar-refractivity contribution in [2.45, 2.75) is 64.2 Å². The minimum absolute atomic E-state index is 0.162. The van der Waals surface area contributed by atoms with Crippen molar-refractivity contribution in [1.29, 1.82) is 0 Å². The number of nitrogens with zero attached hydrogens (tertiary/aromatic N) is 1. The van der Waals surface area contributed by atoms with E-state index in [2.05, 4.69) is 0 Å². The zero-order valence-corrected chi connectivity index (χ0v) is 15.7. The number of hydrogen-bond donors (Lipinski definition) is 1. The van der Waals surface area contributed by atoms with Crippen LogP contribution in [0.3, 0.4) is 0 Å². The summed E-state index contributed by atoms with van der Waals surface area (Å²) in [6.07, 6.45) is 1.42. The second kappa shape index (κ2) is 6.50. The van der Waals surface area contributed by atoms with E-state index < -0.39 is 23.2 Å². The molecule has 1 aromatic carbocycles. The highest BCUT2D eigenvalue weighted by Crippen LogP contribution is 2.48. The van der Waals surface area contributed by atoms with Gasteiger partial charge in [-0.2, -0.15) is 0 Å². The monoisotopic (exact) mass is 359 g/mol. The Hall–Kier alpha value is -2.21. The molecule has 2 atom stereocenters. The maximum atomic E-state index is 12.1. The largest absolute Gasteiger partial charge is 0.484 e. The summed E-state index contributed by atoms with van der Waals surface area (Å²) in [7, 11) is 0.